The van der Waals surface area contributed by atoms with Crippen LogP contribution in [0.2, 0.25) is 0 Å². The fourth-order valence-electron chi connectivity index (χ4n) is 4.97. The highest BCUT2D eigenvalue weighted by Gasteiger charge is 2.62. The summed E-state index contributed by atoms with van der Waals surface area (Å²) in [5.74, 6) is -1.03. The number of H-pyrrole nitrogens is 1. The molecule has 41 heavy (non-hydrogen) atoms. The maximum absolute atomic E-state index is 12.0. The molecule has 11 nitrogen and oxygen atoms in total. The van der Waals surface area contributed by atoms with Crippen LogP contribution in [0.1, 0.15) is 57.9 Å². The third kappa shape index (κ3) is 9.58. The lowest BCUT2D eigenvalue weighted by Gasteiger charge is -2.26. The molecule has 4 rings (SSSR count). The number of alkyl halides is 3. The van der Waals surface area contributed by atoms with Gasteiger partial charge >= 0.3 is 12.1 Å². The lowest BCUT2D eigenvalue weighted by atomic mass is 9.91. The van der Waals surface area contributed by atoms with Gasteiger partial charge in [-0.05, 0) is 34.3 Å². The number of pyridine rings is 1. The number of nitrogens with zero attached hydrogens (tertiary/aromatic N) is 1. The van der Waals surface area contributed by atoms with Gasteiger partial charge in [0.25, 0.3) is 5.56 Å². The van der Waals surface area contributed by atoms with Crippen molar-refractivity contribution >= 4 is 24.1 Å². The van der Waals surface area contributed by atoms with E-state index in [4.69, 9.17) is 15.3 Å². The maximum atomic E-state index is 12.0. The molecule has 230 valence electrons. The van der Waals surface area contributed by atoms with Crippen LogP contribution in [0.3, 0.4) is 0 Å². The number of aromatic amines is 1. The Bertz CT molecular complexity index is 1180. The van der Waals surface area contributed by atoms with E-state index in [1.807, 2.05) is 0 Å². The Labute approximate surface area is 236 Å². The summed E-state index contributed by atoms with van der Waals surface area (Å²) in [6, 6.07) is 0.816. The van der Waals surface area contributed by atoms with E-state index in [9.17, 15) is 32.3 Å². The van der Waals surface area contributed by atoms with Crippen molar-refractivity contribution in [2.45, 2.75) is 72.7 Å². The van der Waals surface area contributed by atoms with Crippen LogP contribution in [0.25, 0.3) is 0 Å². The third-order valence-electron chi connectivity index (χ3n) is 7.52. The number of primary amides is 2. The van der Waals surface area contributed by atoms with E-state index in [2.05, 4.69) is 55.6 Å². The summed E-state index contributed by atoms with van der Waals surface area (Å²) >= 11 is 0. The molecule has 3 heterocycles. The second kappa shape index (κ2) is 13.0. The van der Waals surface area contributed by atoms with Gasteiger partial charge < -0.3 is 31.4 Å². The molecule has 1 saturated heterocycles. The van der Waals surface area contributed by atoms with E-state index in [-0.39, 0.29) is 17.4 Å². The van der Waals surface area contributed by atoms with Crippen molar-refractivity contribution in [3.8, 4) is 0 Å². The quantitative estimate of drug-likeness (QED) is 0.363. The van der Waals surface area contributed by atoms with Crippen LogP contribution in [0.15, 0.2) is 10.9 Å². The zero-order valence-electron chi connectivity index (χ0n) is 24.0. The Morgan fingerprint density at radius 3 is 2.22 bits per heavy atom. The minimum atomic E-state index is -4.86. The van der Waals surface area contributed by atoms with Crippen LogP contribution < -0.4 is 22.3 Å². The number of nitrogens with two attached hydrogens (primary N) is 2. The molecule has 0 radical (unpaired) electrons. The highest BCUT2D eigenvalue weighted by molar-refractivity contribution is 5.82. The normalized spacial score (nSPS) is 21.0. The predicted octanol–water partition coefficient (Wildman–Crippen LogP) is 1.16. The minimum absolute atomic E-state index is 0.0662. The molecule has 6 N–H and O–H groups in total. The molecular weight excluding hydrogens is 547 g/mol. The first-order valence-corrected chi connectivity index (χ1v) is 13.2. The first kappa shape index (κ1) is 33.8. The molecule has 1 aliphatic carbocycles. The zero-order chi connectivity index (χ0) is 31.3. The molecule has 1 aromatic rings. The highest BCUT2D eigenvalue weighted by Crippen LogP contribution is 2.62. The molecule has 2 fully saturated rings. The molecule has 3 aliphatic rings. The topological polar surface area (TPSA) is 178 Å². The van der Waals surface area contributed by atoms with Gasteiger partial charge in [-0.25, -0.2) is 0 Å². The molecule has 1 saturated carbocycles. The Balaban J connectivity index is 0.000000238. The number of likely N-dealkylation sites (tertiary alicyclic amines) is 1. The molecule has 4 amide bonds. The van der Waals surface area contributed by atoms with Gasteiger partial charge in [0.05, 0.1) is 13.2 Å². The third-order valence-corrected chi connectivity index (χ3v) is 7.52. The molecular formula is C27H40F3N5O6. The number of halogens is 3. The van der Waals surface area contributed by atoms with Crippen LogP contribution in [0.5, 0.6) is 0 Å². The van der Waals surface area contributed by atoms with Gasteiger partial charge in [0.2, 0.25) is 18.2 Å². The average molecular weight is 588 g/mol. The Morgan fingerprint density at radius 1 is 1.20 bits per heavy atom. The minimum Gasteiger partial charge on any atom is -0.376 e. The highest BCUT2D eigenvalue weighted by atomic mass is 19.4. The Hall–Kier alpha value is -3.42. The summed E-state index contributed by atoms with van der Waals surface area (Å²) < 4.78 is 37.4. The van der Waals surface area contributed by atoms with Crippen molar-refractivity contribution < 1.29 is 37.1 Å². The van der Waals surface area contributed by atoms with Gasteiger partial charge in [0, 0.05) is 43.6 Å². The summed E-state index contributed by atoms with van der Waals surface area (Å²) in [5.41, 5.74) is 11.5. The number of carbonyl (C=O) groups is 4. The number of amides is 4. The SMILES string of the molecule is CC(C)(C)CC(=O)N1CC2C(C1)C2(C)C.NC(=O)C(Cc1cc2c([nH]c1=O)CCOC2)NC=O.NC(=O)C(F)(F)F. The standard InChI is InChI=1S/C13H23NO.C12H15N3O4.C2H2F3NO/c1-12(2,3)6-11(15)14-7-9-10(8-14)13(9,4)5;13-11(17)10(14-6-16)4-7-3-8-5-19-2-1-9(8)15-12(7)18;3-2(4,5)1(6)7/h9-10H,6-8H2,1-5H3;3,6,10H,1-2,4-5H2,(H2,13,17)(H,14,16)(H,15,18);(H2,6,7). The summed E-state index contributed by atoms with van der Waals surface area (Å²) in [4.78, 5) is 59.4. The molecule has 2 aliphatic heterocycles. The van der Waals surface area contributed by atoms with E-state index in [1.165, 1.54) is 0 Å². The molecule has 0 aromatic carbocycles. The van der Waals surface area contributed by atoms with Gasteiger partial charge in [-0.3, -0.25) is 24.0 Å². The fraction of sp³-hybridized carbons (Fsp3) is 0.667. The molecule has 1 aromatic heterocycles. The monoisotopic (exact) mass is 587 g/mol. The zero-order valence-corrected chi connectivity index (χ0v) is 24.0. The van der Waals surface area contributed by atoms with Crippen molar-refractivity contribution in [2.75, 3.05) is 19.7 Å². The molecule has 0 spiro atoms. The average Bonchev–Trinajstić information content (AvgIpc) is 3.17. The van der Waals surface area contributed by atoms with Gasteiger partial charge in [-0.15, -0.1) is 0 Å². The first-order chi connectivity index (χ1) is 18.8. The van der Waals surface area contributed by atoms with Gasteiger partial charge in [0.1, 0.15) is 6.04 Å². The fourth-order valence-corrected chi connectivity index (χ4v) is 4.97. The van der Waals surface area contributed by atoms with Crippen molar-refractivity contribution in [3.05, 3.63) is 33.2 Å². The summed E-state index contributed by atoms with van der Waals surface area (Å²) in [6.07, 6.45) is -3.05. The van der Waals surface area contributed by atoms with Crippen molar-refractivity contribution in [3.63, 3.8) is 0 Å². The number of hydrogen-bond donors (Lipinski definition) is 4. The second-order valence-electron chi connectivity index (χ2n) is 12.3. The lowest BCUT2D eigenvalue weighted by Crippen LogP contribution is -2.43. The molecule has 3 atom stereocenters. The van der Waals surface area contributed by atoms with Crippen LogP contribution in [-0.4, -0.2) is 65.9 Å². The van der Waals surface area contributed by atoms with E-state index in [0.717, 1.165) is 36.2 Å². The van der Waals surface area contributed by atoms with Crippen molar-refractivity contribution in [1.29, 1.82) is 0 Å². The molecule has 0 bridgehead atoms. The van der Waals surface area contributed by atoms with Gasteiger partial charge in [0.15, 0.2) is 0 Å². The number of ether oxygens (including phenoxy) is 1. The van der Waals surface area contributed by atoms with Gasteiger partial charge in [-0.1, -0.05) is 34.6 Å². The number of piperidine rings is 1. The Morgan fingerprint density at radius 2 is 1.76 bits per heavy atom. The van der Waals surface area contributed by atoms with E-state index < -0.39 is 24.0 Å². The van der Waals surface area contributed by atoms with Crippen LogP contribution in [0, 0.1) is 22.7 Å². The number of nitrogens with one attached hydrogen (secondary N) is 2. The summed E-state index contributed by atoms with van der Waals surface area (Å²) in [5, 5.41) is 2.30. The van der Waals surface area contributed by atoms with Crippen molar-refractivity contribution in [2.24, 2.45) is 34.1 Å². The van der Waals surface area contributed by atoms with E-state index in [1.54, 1.807) is 6.07 Å². The van der Waals surface area contributed by atoms with Gasteiger partial charge in [-0.2, -0.15) is 13.2 Å². The number of fused-ring (bicyclic) bond motifs is 2. The van der Waals surface area contributed by atoms with Crippen LogP contribution >= 0.6 is 0 Å². The maximum Gasteiger partial charge on any atom is 0.470 e. The van der Waals surface area contributed by atoms with E-state index in [0.29, 0.717) is 49.4 Å². The largest absolute Gasteiger partial charge is 0.470 e. The lowest BCUT2D eigenvalue weighted by molar-refractivity contribution is -0.169. The number of rotatable bonds is 6. The summed E-state index contributed by atoms with van der Waals surface area (Å²) in [7, 11) is 0. The van der Waals surface area contributed by atoms with Crippen LogP contribution in [0.4, 0.5) is 13.2 Å². The molecule has 3 unspecified atom stereocenters. The van der Waals surface area contributed by atoms with Crippen molar-refractivity contribution in [1.82, 2.24) is 15.2 Å². The second-order valence-corrected chi connectivity index (χ2v) is 12.3. The van der Waals surface area contributed by atoms with E-state index >= 15 is 0 Å². The predicted molar refractivity (Wildman–Crippen MR) is 143 cm³/mol. The number of aromatic nitrogens is 1. The van der Waals surface area contributed by atoms with Crippen LogP contribution in [-0.2, 0) is 43.4 Å². The number of hydrogen-bond acceptors (Lipinski definition) is 6. The smallest absolute Gasteiger partial charge is 0.376 e. The summed E-state index contributed by atoms with van der Waals surface area (Å²) in [6.45, 7) is 14.1. The first-order valence-electron chi connectivity index (χ1n) is 13.2. The number of carbonyl (C=O) groups excluding carboxylic acids is 4. The molecule has 14 heteroatoms. The Kier molecular flexibility index (Phi) is 10.7.